The zero-order valence-corrected chi connectivity index (χ0v) is 14.2. The molecule has 0 saturated carbocycles. The van der Waals surface area contributed by atoms with Gasteiger partial charge in [-0.1, -0.05) is 12.1 Å². The fourth-order valence-corrected chi connectivity index (χ4v) is 3.02. The maximum atomic E-state index is 10.6. The molecule has 0 unspecified atom stereocenters. The van der Waals surface area contributed by atoms with Crippen LogP contribution in [-0.2, 0) is 16.5 Å². The predicted molar refractivity (Wildman–Crippen MR) is 86.0 cm³/mol. The second-order valence-electron chi connectivity index (χ2n) is 5.26. The van der Waals surface area contributed by atoms with Crippen molar-refractivity contribution in [1.82, 2.24) is 5.32 Å². The molecule has 19 heavy (non-hydrogen) atoms. The second-order valence-corrected chi connectivity index (χ2v) is 8.07. The van der Waals surface area contributed by atoms with E-state index >= 15 is 0 Å². The highest BCUT2D eigenvalue weighted by atomic mass is 127. The van der Waals surface area contributed by atoms with Crippen molar-refractivity contribution in [3.05, 3.63) is 33.4 Å². The van der Waals surface area contributed by atoms with Crippen molar-refractivity contribution in [3.8, 4) is 0 Å². The van der Waals surface area contributed by atoms with Crippen LogP contribution in [0.3, 0.4) is 0 Å². The van der Waals surface area contributed by atoms with Crippen molar-refractivity contribution in [3.63, 3.8) is 0 Å². The van der Waals surface area contributed by atoms with Gasteiger partial charge in [0.15, 0.2) is 0 Å². The largest absolute Gasteiger partial charge is 0.311 e. The van der Waals surface area contributed by atoms with Gasteiger partial charge in [0.1, 0.15) is 0 Å². The number of nitrogens with one attached hydrogen (secondary N) is 1. The minimum Gasteiger partial charge on any atom is -0.311 e. The van der Waals surface area contributed by atoms with E-state index in [1.165, 1.54) is 9.13 Å². The standard InChI is InChI=1S/C13H20INO3S/c1-13(2,15-7-4-8-19(16,17)18)10-11-5-3-6-12(14)9-11/h3,5-6,9,15H,4,7-8,10H2,1-2H3,(H,16,17,18). The summed E-state index contributed by atoms with van der Waals surface area (Å²) in [6, 6.07) is 8.31. The maximum absolute atomic E-state index is 10.6. The lowest BCUT2D eigenvalue weighted by atomic mass is 9.95. The third-order valence-electron chi connectivity index (χ3n) is 2.72. The van der Waals surface area contributed by atoms with E-state index in [1.54, 1.807) is 0 Å². The van der Waals surface area contributed by atoms with E-state index in [-0.39, 0.29) is 11.3 Å². The third kappa shape index (κ3) is 7.86. The molecule has 0 atom stereocenters. The van der Waals surface area contributed by atoms with Crippen molar-refractivity contribution in [2.45, 2.75) is 32.2 Å². The SMILES string of the molecule is CC(C)(Cc1cccc(I)c1)NCCCS(=O)(=O)O. The molecule has 0 amide bonds. The Bertz CT molecular complexity index is 514. The van der Waals surface area contributed by atoms with Gasteiger partial charge in [-0.2, -0.15) is 8.42 Å². The van der Waals surface area contributed by atoms with Crippen LogP contribution in [-0.4, -0.2) is 30.8 Å². The Morgan fingerprint density at radius 2 is 2.05 bits per heavy atom. The summed E-state index contributed by atoms with van der Waals surface area (Å²) in [6.45, 7) is 4.73. The molecule has 1 aromatic carbocycles. The molecule has 0 aliphatic carbocycles. The molecule has 0 radical (unpaired) electrons. The molecular weight excluding hydrogens is 377 g/mol. The first-order valence-corrected chi connectivity index (χ1v) is 8.81. The Hall–Kier alpha value is -0.180. The maximum Gasteiger partial charge on any atom is 0.264 e. The summed E-state index contributed by atoms with van der Waals surface area (Å²) in [7, 11) is -3.85. The van der Waals surface area contributed by atoms with Gasteiger partial charge < -0.3 is 5.32 Å². The first kappa shape index (κ1) is 16.9. The molecule has 4 nitrogen and oxygen atoms in total. The van der Waals surface area contributed by atoms with E-state index < -0.39 is 10.1 Å². The van der Waals surface area contributed by atoms with Gasteiger partial charge in [0.2, 0.25) is 0 Å². The molecule has 0 aliphatic rings. The van der Waals surface area contributed by atoms with Crippen LogP contribution in [0.1, 0.15) is 25.8 Å². The molecular formula is C13H20INO3S. The Balaban J connectivity index is 2.43. The monoisotopic (exact) mass is 397 g/mol. The molecule has 0 bridgehead atoms. The van der Waals surface area contributed by atoms with Crippen LogP contribution in [0, 0.1) is 3.57 Å². The van der Waals surface area contributed by atoms with E-state index in [2.05, 4.69) is 60.0 Å². The Morgan fingerprint density at radius 1 is 1.37 bits per heavy atom. The second kappa shape index (κ2) is 7.01. The van der Waals surface area contributed by atoms with Crippen LogP contribution in [0.4, 0.5) is 0 Å². The number of hydrogen-bond donors (Lipinski definition) is 2. The fraction of sp³-hybridized carbons (Fsp3) is 0.538. The van der Waals surface area contributed by atoms with Gasteiger partial charge in [0, 0.05) is 9.11 Å². The van der Waals surface area contributed by atoms with Gasteiger partial charge in [0.25, 0.3) is 10.1 Å². The normalized spacial score (nSPS) is 12.6. The molecule has 1 aromatic rings. The van der Waals surface area contributed by atoms with Crippen LogP contribution in [0.25, 0.3) is 0 Å². The quantitative estimate of drug-likeness (QED) is 0.422. The molecule has 2 N–H and O–H groups in total. The van der Waals surface area contributed by atoms with E-state index in [9.17, 15) is 8.42 Å². The zero-order chi connectivity index (χ0) is 14.5. The highest BCUT2D eigenvalue weighted by Gasteiger charge is 2.17. The van der Waals surface area contributed by atoms with Gasteiger partial charge in [0.05, 0.1) is 5.75 Å². The van der Waals surface area contributed by atoms with Gasteiger partial charge in [-0.15, -0.1) is 0 Å². The minimum absolute atomic E-state index is 0.107. The van der Waals surface area contributed by atoms with Crippen LogP contribution >= 0.6 is 22.6 Å². The van der Waals surface area contributed by atoms with Crippen molar-refractivity contribution in [2.24, 2.45) is 0 Å². The number of hydrogen-bond acceptors (Lipinski definition) is 3. The highest BCUT2D eigenvalue weighted by Crippen LogP contribution is 2.15. The number of benzene rings is 1. The van der Waals surface area contributed by atoms with E-state index in [4.69, 9.17) is 4.55 Å². The topological polar surface area (TPSA) is 66.4 Å². The number of rotatable bonds is 7. The average Bonchev–Trinajstić information content (AvgIpc) is 2.22. The summed E-state index contributed by atoms with van der Waals surface area (Å²) >= 11 is 2.29. The van der Waals surface area contributed by atoms with Crippen LogP contribution in [0.15, 0.2) is 24.3 Å². The molecule has 0 saturated heterocycles. The smallest absolute Gasteiger partial charge is 0.264 e. The summed E-state index contributed by atoms with van der Waals surface area (Å²) in [5.41, 5.74) is 1.14. The highest BCUT2D eigenvalue weighted by molar-refractivity contribution is 14.1. The van der Waals surface area contributed by atoms with Crippen molar-refractivity contribution in [1.29, 1.82) is 0 Å². The molecule has 0 spiro atoms. The Kier molecular flexibility index (Phi) is 6.22. The van der Waals surface area contributed by atoms with Gasteiger partial charge in [-0.05, 0) is 73.5 Å². The Labute approximate surface area is 128 Å². The minimum atomic E-state index is -3.85. The van der Waals surface area contributed by atoms with Gasteiger partial charge >= 0.3 is 0 Å². The predicted octanol–water partition coefficient (Wildman–Crippen LogP) is 2.48. The average molecular weight is 397 g/mol. The van der Waals surface area contributed by atoms with E-state index in [0.29, 0.717) is 13.0 Å². The van der Waals surface area contributed by atoms with Crippen molar-refractivity contribution in [2.75, 3.05) is 12.3 Å². The first-order chi connectivity index (χ1) is 8.68. The molecule has 0 fully saturated rings. The summed E-state index contributed by atoms with van der Waals surface area (Å²) in [5, 5.41) is 3.32. The lowest BCUT2D eigenvalue weighted by Crippen LogP contribution is -2.42. The lowest BCUT2D eigenvalue weighted by molar-refractivity contribution is 0.385. The van der Waals surface area contributed by atoms with Crippen molar-refractivity contribution >= 4 is 32.7 Å². The van der Waals surface area contributed by atoms with Gasteiger partial charge in [-0.3, -0.25) is 4.55 Å². The van der Waals surface area contributed by atoms with Gasteiger partial charge in [-0.25, -0.2) is 0 Å². The first-order valence-electron chi connectivity index (χ1n) is 6.13. The zero-order valence-electron chi connectivity index (χ0n) is 11.2. The van der Waals surface area contributed by atoms with E-state index in [0.717, 1.165) is 6.42 Å². The summed E-state index contributed by atoms with van der Waals surface area (Å²) in [4.78, 5) is 0. The molecule has 0 heterocycles. The van der Waals surface area contributed by atoms with E-state index in [1.807, 2.05) is 6.07 Å². The van der Waals surface area contributed by atoms with Crippen LogP contribution in [0.5, 0.6) is 0 Å². The summed E-state index contributed by atoms with van der Waals surface area (Å²) < 4.78 is 31.1. The molecule has 0 aromatic heterocycles. The van der Waals surface area contributed by atoms with Crippen molar-refractivity contribution < 1.29 is 13.0 Å². The summed E-state index contributed by atoms with van der Waals surface area (Å²) in [5.74, 6) is -0.195. The number of halogens is 1. The fourth-order valence-electron chi connectivity index (χ4n) is 1.90. The third-order valence-corrected chi connectivity index (χ3v) is 4.19. The molecule has 6 heteroatoms. The lowest BCUT2D eigenvalue weighted by Gasteiger charge is -2.26. The molecule has 0 aliphatic heterocycles. The molecule has 108 valence electrons. The molecule has 1 rings (SSSR count). The van der Waals surface area contributed by atoms with Crippen LogP contribution in [0.2, 0.25) is 0 Å². The van der Waals surface area contributed by atoms with Crippen LogP contribution < -0.4 is 5.32 Å². The Morgan fingerprint density at radius 3 is 2.63 bits per heavy atom. The summed E-state index contributed by atoms with van der Waals surface area (Å²) in [6.07, 6.45) is 1.28.